The lowest BCUT2D eigenvalue weighted by Gasteiger charge is -2.45. The Morgan fingerprint density at radius 3 is 1.62 bits per heavy atom. The van der Waals surface area contributed by atoms with Crippen LogP contribution in [0.3, 0.4) is 0 Å². The summed E-state index contributed by atoms with van der Waals surface area (Å²) in [6.07, 6.45) is 14.0. The van der Waals surface area contributed by atoms with Crippen LogP contribution in [0.15, 0.2) is 0 Å². The Morgan fingerprint density at radius 2 is 1.29 bits per heavy atom. The van der Waals surface area contributed by atoms with Gasteiger partial charge < -0.3 is 10.6 Å². The third-order valence-corrected chi connectivity index (χ3v) is 5.86. The lowest BCUT2D eigenvalue weighted by molar-refractivity contribution is -0.144. The summed E-state index contributed by atoms with van der Waals surface area (Å²) in [5, 5.41) is 0. The highest BCUT2D eigenvalue weighted by Crippen LogP contribution is 2.32. The first-order chi connectivity index (χ1) is 10.1. The fourth-order valence-corrected chi connectivity index (χ4v) is 4.16. The lowest BCUT2D eigenvalue weighted by Crippen LogP contribution is -2.60. The first kappa shape index (κ1) is 16.8. The Hall–Kier alpha value is -0.570. The highest BCUT2D eigenvalue weighted by molar-refractivity contribution is 5.86. The quantitative estimate of drug-likeness (QED) is 0.833. The number of hydrogen-bond donors (Lipinski definition) is 1. The summed E-state index contributed by atoms with van der Waals surface area (Å²) in [7, 11) is 0. The van der Waals surface area contributed by atoms with Gasteiger partial charge in [-0.1, -0.05) is 52.4 Å². The molecule has 2 rings (SSSR count). The average Bonchev–Trinajstić information content (AvgIpc) is 2.56. The molecule has 2 fully saturated rings. The van der Waals surface area contributed by atoms with Gasteiger partial charge in [-0.15, -0.1) is 0 Å². The van der Waals surface area contributed by atoms with Crippen molar-refractivity contribution in [3.63, 3.8) is 0 Å². The Morgan fingerprint density at radius 1 is 0.905 bits per heavy atom. The first-order valence-corrected chi connectivity index (χ1v) is 9.24. The Bertz CT molecular complexity index is 308. The van der Waals surface area contributed by atoms with E-state index in [0.717, 1.165) is 12.8 Å². The Balaban J connectivity index is 2.19. The van der Waals surface area contributed by atoms with Crippen molar-refractivity contribution in [3.05, 3.63) is 0 Å². The van der Waals surface area contributed by atoms with Crippen molar-refractivity contribution in [2.45, 2.75) is 109 Å². The molecule has 0 aromatic heterocycles. The minimum Gasteiger partial charge on any atom is -0.335 e. The number of rotatable bonds is 5. The van der Waals surface area contributed by atoms with Gasteiger partial charge in [0, 0.05) is 12.1 Å². The summed E-state index contributed by atoms with van der Waals surface area (Å²) in [6.45, 7) is 4.11. The van der Waals surface area contributed by atoms with Gasteiger partial charge in [-0.05, 0) is 38.5 Å². The maximum Gasteiger partial charge on any atom is 0.243 e. The molecule has 0 spiro atoms. The summed E-state index contributed by atoms with van der Waals surface area (Å²) >= 11 is 0. The third kappa shape index (κ3) is 3.80. The van der Waals surface area contributed by atoms with Crippen molar-refractivity contribution in [1.82, 2.24) is 4.90 Å². The van der Waals surface area contributed by atoms with E-state index < -0.39 is 5.54 Å². The van der Waals surface area contributed by atoms with Crippen LogP contribution >= 0.6 is 0 Å². The maximum absolute atomic E-state index is 13.2. The third-order valence-electron chi connectivity index (χ3n) is 5.86. The number of nitrogens with two attached hydrogens (primary N) is 1. The molecule has 0 unspecified atom stereocenters. The van der Waals surface area contributed by atoms with Crippen LogP contribution in [0.1, 0.15) is 90.9 Å². The minimum absolute atomic E-state index is 0.242. The Labute approximate surface area is 130 Å². The van der Waals surface area contributed by atoms with E-state index in [1.54, 1.807) is 0 Å². The van der Waals surface area contributed by atoms with E-state index >= 15 is 0 Å². The zero-order valence-corrected chi connectivity index (χ0v) is 14.1. The van der Waals surface area contributed by atoms with Gasteiger partial charge in [0.1, 0.15) is 0 Å². The summed E-state index contributed by atoms with van der Waals surface area (Å²) in [5.74, 6) is 0.242. The molecule has 0 radical (unpaired) electrons. The van der Waals surface area contributed by atoms with E-state index in [1.807, 2.05) is 0 Å². The normalized spacial score (nSPS) is 22.2. The molecule has 3 heteroatoms. The van der Waals surface area contributed by atoms with Gasteiger partial charge >= 0.3 is 0 Å². The number of hydrogen-bond acceptors (Lipinski definition) is 2. The van der Waals surface area contributed by atoms with Crippen LogP contribution in [0.5, 0.6) is 0 Å². The van der Waals surface area contributed by atoms with Crippen LogP contribution < -0.4 is 5.73 Å². The molecule has 2 N–H and O–H groups in total. The van der Waals surface area contributed by atoms with E-state index in [1.165, 1.54) is 64.2 Å². The minimum atomic E-state index is -0.644. The van der Waals surface area contributed by atoms with E-state index in [9.17, 15) is 4.79 Å². The predicted octanol–water partition coefficient (Wildman–Crippen LogP) is 4.00. The highest BCUT2D eigenvalue weighted by Gasteiger charge is 2.40. The summed E-state index contributed by atoms with van der Waals surface area (Å²) in [5.41, 5.74) is 5.82. The van der Waals surface area contributed by atoms with Crippen molar-refractivity contribution in [2.24, 2.45) is 5.73 Å². The zero-order valence-electron chi connectivity index (χ0n) is 14.1. The SMILES string of the molecule is CCC(N)(CC)C(=O)N(C1CCCCC1)C1CCCCC1. The molecule has 2 aliphatic rings. The van der Waals surface area contributed by atoms with Gasteiger partial charge in [0.15, 0.2) is 0 Å². The molecule has 0 atom stereocenters. The number of nitrogens with zero attached hydrogens (tertiary/aromatic N) is 1. The van der Waals surface area contributed by atoms with Crippen molar-refractivity contribution < 1.29 is 4.79 Å². The van der Waals surface area contributed by atoms with E-state index in [-0.39, 0.29) is 5.91 Å². The van der Waals surface area contributed by atoms with Crippen molar-refractivity contribution in [3.8, 4) is 0 Å². The van der Waals surface area contributed by atoms with Crippen molar-refractivity contribution >= 4 is 5.91 Å². The standard InChI is InChI=1S/C18H34N2O/c1-3-18(19,4-2)17(21)20(15-11-7-5-8-12-15)16-13-9-6-10-14-16/h15-16H,3-14,19H2,1-2H3. The molecule has 0 aromatic carbocycles. The van der Waals surface area contributed by atoms with Gasteiger partial charge in [0.2, 0.25) is 5.91 Å². The van der Waals surface area contributed by atoms with Crippen molar-refractivity contribution in [2.75, 3.05) is 0 Å². The summed E-state index contributed by atoms with van der Waals surface area (Å²) < 4.78 is 0. The topological polar surface area (TPSA) is 46.3 Å². The maximum atomic E-state index is 13.2. The molecule has 2 saturated carbocycles. The fourth-order valence-electron chi connectivity index (χ4n) is 4.16. The number of carbonyl (C=O) groups is 1. The molecule has 0 aliphatic heterocycles. The van der Waals surface area contributed by atoms with Gasteiger partial charge in [-0.2, -0.15) is 0 Å². The monoisotopic (exact) mass is 294 g/mol. The molecule has 3 nitrogen and oxygen atoms in total. The van der Waals surface area contributed by atoms with Crippen LogP contribution in [-0.2, 0) is 4.79 Å². The summed E-state index contributed by atoms with van der Waals surface area (Å²) in [6, 6.07) is 0.908. The summed E-state index contributed by atoms with van der Waals surface area (Å²) in [4.78, 5) is 15.5. The molecule has 0 heterocycles. The molecule has 2 aliphatic carbocycles. The van der Waals surface area contributed by atoms with Crippen LogP contribution in [0, 0.1) is 0 Å². The van der Waals surface area contributed by atoms with Crippen LogP contribution in [0.4, 0.5) is 0 Å². The van der Waals surface area contributed by atoms with Gasteiger partial charge in [0.25, 0.3) is 0 Å². The molecule has 0 aromatic rings. The van der Waals surface area contributed by atoms with E-state index in [2.05, 4.69) is 18.7 Å². The second kappa shape index (κ2) is 7.62. The van der Waals surface area contributed by atoms with E-state index in [4.69, 9.17) is 5.73 Å². The molecular weight excluding hydrogens is 260 g/mol. The van der Waals surface area contributed by atoms with Crippen LogP contribution in [-0.4, -0.2) is 28.4 Å². The second-order valence-corrected chi connectivity index (χ2v) is 7.16. The van der Waals surface area contributed by atoms with E-state index in [0.29, 0.717) is 12.1 Å². The second-order valence-electron chi connectivity index (χ2n) is 7.16. The zero-order chi connectivity index (χ0) is 15.3. The molecular formula is C18H34N2O. The molecule has 1 amide bonds. The average molecular weight is 294 g/mol. The van der Waals surface area contributed by atoms with Gasteiger partial charge in [-0.3, -0.25) is 4.79 Å². The first-order valence-electron chi connectivity index (χ1n) is 9.24. The number of carbonyl (C=O) groups excluding carboxylic acids is 1. The lowest BCUT2D eigenvalue weighted by atomic mass is 9.84. The van der Waals surface area contributed by atoms with Gasteiger partial charge in [-0.25, -0.2) is 0 Å². The molecule has 0 bridgehead atoms. The van der Waals surface area contributed by atoms with Gasteiger partial charge in [0.05, 0.1) is 5.54 Å². The smallest absolute Gasteiger partial charge is 0.243 e. The van der Waals surface area contributed by atoms with Crippen LogP contribution in [0.2, 0.25) is 0 Å². The predicted molar refractivity (Wildman–Crippen MR) is 88.1 cm³/mol. The molecule has 0 saturated heterocycles. The Kier molecular flexibility index (Phi) is 6.09. The fraction of sp³-hybridized carbons (Fsp3) is 0.944. The van der Waals surface area contributed by atoms with Crippen LogP contribution in [0.25, 0.3) is 0 Å². The highest BCUT2D eigenvalue weighted by atomic mass is 16.2. The number of amides is 1. The largest absolute Gasteiger partial charge is 0.335 e. The molecule has 21 heavy (non-hydrogen) atoms. The van der Waals surface area contributed by atoms with Crippen molar-refractivity contribution in [1.29, 1.82) is 0 Å². The molecule has 122 valence electrons.